The van der Waals surface area contributed by atoms with Crippen molar-refractivity contribution in [2.24, 2.45) is 7.05 Å². The third-order valence-corrected chi connectivity index (χ3v) is 7.53. The Balaban J connectivity index is 0.000000483. The van der Waals surface area contributed by atoms with Gasteiger partial charge in [0.15, 0.2) is 0 Å². The Morgan fingerprint density at radius 3 is 2.21 bits per heavy atom. The molecule has 0 radical (unpaired) electrons. The molecule has 1 aliphatic rings. The van der Waals surface area contributed by atoms with Gasteiger partial charge in [-0.1, -0.05) is 6.07 Å². The molecule has 3 aromatic heterocycles. The number of ether oxygens (including phenoxy) is 1. The molecule has 2 aromatic carbocycles. The molecule has 0 aliphatic carbocycles. The molecule has 0 unspecified atom stereocenters. The molecule has 0 spiro atoms. The summed E-state index contributed by atoms with van der Waals surface area (Å²) >= 11 is 0. The zero-order chi connectivity index (χ0) is 33.9. The summed E-state index contributed by atoms with van der Waals surface area (Å²) in [5.74, 6) is -2.04. The molecule has 244 valence electrons. The largest absolute Gasteiger partial charge is 0.481 e. The number of aliphatic carboxylic acids is 2. The molecule has 1 fully saturated rings. The van der Waals surface area contributed by atoms with Crippen LogP contribution in [0, 0.1) is 0 Å². The van der Waals surface area contributed by atoms with Gasteiger partial charge in [0.1, 0.15) is 0 Å². The van der Waals surface area contributed by atoms with E-state index in [1.807, 2.05) is 24.3 Å². The molecule has 1 saturated heterocycles. The number of hydrogen-bond acceptors (Lipinski definition) is 8. The summed E-state index contributed by atoms with van der Waals surface area (Å²) in [4.78, 5) is 43.1. The van der Waals surface area contributed by atoms with Crippen LogP contribution in [0.3, 0.4) is 0 Å². The number of fused-ring (bicyclic) bond motifs is 3. The molecule has 0 atom stereocenters. The number of alkyl halides is 3. The lowest BCUT2D eigenvalue weighted by Gasteiger charge is -2.31. The molecule has 0 bridgehead atoms. The van der Waals surface area contributed by atoms with Crippen LogP contribution in [0.4, 0.5) is 18.9 Å². The number of benzene rings is 2. The molecule has 4 heterocycles. The van der Waals surface area contributed by atoms with Crippen molar-refractivity contribution in [2.75, 3.05) is 38.2 Å². The standard InChI is InChI=1S/C28H25F3N6O2.C4H4O4/c1-35-24-16-33-22-6-3-17(18-4-8-25(39-2)34-15-18)13-20(22)26(24)37(27(35)38)19-5-7-23(21(14-19)28(29,30)31)36-11-9-32-10-12-36;5-3(6)1-2-4(7)8/h3-8,13-16,32H,9-12H2,1-2H3;1-2H,(H,5,6)(H,7,8). The van der Waals surface area contributed by atoms with Crippen molar-refractivity contribution in [1.29, 1.82) is 0 Å². The summed E-state index contributed by atoms with van der Waals surface area (Å²) in [5.41, 5.74) is 2.27. The minimum atomic E-state index is -4.59. The minimum Gasteiger partial charge on any atom is -0.481 e. The number of pyridine rings is 2. The number of methoxy groups -OCH3 is 1. The van der Waals surface area contributed by atoms with Gasteiger partial charge in [-0.3, -0.25) is 14.1 Å². The summed E-state index contributed by atoms with van der Waals surface area (Å²) in [6.45, 7) is 2.14. The maximum Gasteiger partial charge on any atom is 0.418 e. The van der Waals surface area contributed by atoms with E-state index in [2.05, 4.69) is 15.3 Å². The topological polar surface area (TPSA) is 152 Å². The molecule has 12 nitrogen and oxygen atoms in total. The molecule has 47 heavy (non-hydrogen) atoms. The summed E-state index contributed by atoms with van der Waals surface area (Å²) < 4.78 is 50.8. The Labute approximate surface area is 265 Å². The van der Waals surface area contributed by atoms with Crippen molar-refractivity contribution in [1.82, 2.24) is 24.4 Å². The first-order valence-electron chi connectivity index (χ1n) is 14.2. The Morgan fingerprint density at radius 2 is 1.62 bits per heavy atom. The number of nitrogens with one attached hydrogen (secondary N) is 1. The Morgan fingerprint density at radius 1 is 0.936 bits per heavy atom. The van der Waals surface area contributed by atoms with Gasteiger partial charge in [-0.05, 0) is 42.0 Å². The molecular weight excluding hydrogens is 621 g/mol. The smallest absolute Gasteiger partial charge is 0.418 e. The Hall–Kier alpha value is -5.70. The van der Waals surface area contributed by atoms with Crippen LogP contribution in [0.1, 0.15) is 5.56 Å². The Kier molecular flexibility index (Phi) is 9.28. The van der Waals surface area contributed by atoms with Crippen molar-refractivity contribution in [3.63, 3.8) is 0 Å². The zero-order valence-electron chi connectivity index (χ0n) is 25.2. The number of carboxylic acid groups (broad SMARTS) is 2. The fourth-order valence-corrected chi connectivity index (χ4v) is 5.30. The Bertz CT molecular complexity index is 2030. The monoisotopic (exact) mass is 650 g/mol. The summed E-state index contributed by atoms with van der Waals surface area (Å²) in [5, 5.41) is 19.4. The number of hydrogen-bond donors (Lipinski definition) is 3. The van der Waals surface area contributed by atoms with Crippen molar-refractivity contribution in [2.45, 2.75) is 6.18 Å². The van der Waals surface area contributed by atoms with Gasteiger partial charge in [-0.25, -0.2) is 19.4 Å². The van der Waals surface area contributed by atoms with Crippen molar-refractivity contribution in [3.8, 4) is 22.7 Å². The predicted molar refractivity (Wildman–Crippen MR) is 168 cm³/mol. The lowest BCUT2D eigenvalue weighted by Crippen LogP contribution is -2.44. The van der Waals surface area contributed by atoms with E-state index in [1.165, 1.54) is 22.3 Å². The number of rotatable bonds is 6. The quantitative estimate of drug-likeness (QED) is 0.229. The van der Waals surface area contributed by atoms with Crippen LogP contribution < -0.4 is 20.6 Å². The summed E-state index contributed by atoms with van der Waals surface area (Å²) in [7, 11) is 3.13. The third kappa shape index (κ3) is 6.94. The predicted octanol–water partition coefficient (Wildman–Crippen LogP) is 4.09. The summed E-state index contributed by atoms with van der Waals surface area (Å²) in [6, 6.07) is 13.3. The average molecular weight is 651 g/mol. The number of anilines is 1. The van der Waals surface area contributed by atoms with E-state index in [9.17, 15) is 27.6 Å². The van der Waals surface area contributed by atoms with E-state index in [1.54, 1.807) is 36.5 Å². The first-order chi connectivity index (χ1) is 22.4. The number of imidazole rings is 1. The molecule has 3 N–H and O–H groups in total. The second-order valence-corrected chi connectivity index (χ2v) is 10.4. The number of aromatic nitrogens is 4. The fourth-order valence-electron chi connectivity index (χ4n) is 5.30. The zero-order valence-corrected chi connectivity index (χ0v) is 25.2. The lowest BCUT2D eigenvalue weighted by atomic mass is 10.0. The van der Waals surface area contributed by atoms with Crippen LogP contribution in [-0.2, 0) is 22.8 Å². The molecular formula is C32H29F3N6O6. The van der Waals surface area contributed by atoms with Gasteiger partial charge in [0.2, 0.25) is 5.88 Å². The van der Waals surface area contributed by atoms with E-state index < -0.39 is 29.4 Å². The second-order valence-electron chi connectivity index (χ2n) is 10.4. The number of carbonyl (C=O) groups is 2. The fraction of sp³-hybridized carbons (Fsp3) is 0.219. The van der Waals surface area contributed by atoms with Crippen LogP contribution >= 0.6 is 0 Å². The maximum atomic E-state index is 14.3. The van der Waals surface area contributed by atoms with Crippen LogP contribution in [-0.4, -0.2) is 74.5 Å². The van der Waals surface area contributed by atoms with E-state index in [0.717, 1.165) is 17.2 Å². The SMILES string of the molecule is COc1ccc(-c2ccc3ncc4c(c3c2)n(-c2ccc(N3CCNCC3)c(C(F)(F)F)c2)c(=O)n4C)cn1.O=C(O)C=CC(=O)O. The van der Waals surface area contributed by atoms with Crippen LogP contribution in [0.15, 0.2) is 77.9 Å². The van der Waals surface area contributed by atoms with Crippen molar-refractivity contribution >= 4 is 39.6 Å². The van der Waals surface area contributed by atoms with Gasteiger partial charge in [0.25, 0.3) is 0 Å². The molecule has 5 aromatic rings. The number of carboxylic acids is 2. The van der Waals surface area contributed by atoms with Crippen molar-refractivity contribution < 1.29 is 37.7 Å². The second kappa shape index (κ2) is 13.3. The third-order valence-electron chi connectivity index (χ3n) is 7.53. The highest BCUT2D eigenvalue weighted by atomic mass is 19.4. The van der Waals surface area contributed by atoms with Crippen LogP contribution in [0.25, 0.3) is 38.8 Å². The number of halogens is 3. The van der Waals surface area contributed by atoms with E-state index in [0.29, 0.717) is 66.1 Å². The highest BCUT2D eigenvalue weighted by Gasteiger charge is 2.36. The van der Waals surface area contributed by atoms with Crippen LogP contribution in [0.5, 0.6) is 5.88 Å². The van der Waals surface area contributed by atoms with Gasteiger partial charge < -0.3 is 25.2 Å². The molecule has 15 heteroatoms. The maximum absolute atomic E-state index is 14.3. The van der Waals surface area contributed by atoms with Crippen molar-refractivity contribution in [3.05, 3.63) is 89.1 Å². The van der Waals surface area contributed by atoms with E-state index in [4.69, 9.17) is 14.9 Å². The van der Waals surface area contributed by atoms with E-state index >= 15 is 0 Å². The number of nitrogens with zero attached hydrogens (tertiary/aromatic N) is 5. The minimum absolute atomic E-state index is 0.113. The van der Waals surface area contributed by atoms with Crippen LogP contribution in [0.2, 0.25) is 0 Å². The number of piperazine rings is 1. The first kappa shape index (κ1) is 32.7. The summed E-state index contributed by atoms with van der Waals surface area (Å²) in [6.07, 6.45) is -0.229. The highest BCUT2D eigenvalue weighted by molar-refractivity contribution is 6.04. The normalized spacial score (nSPS) is 13.5. The molecule has 0 amide bonds. The van der Waals surface area contributed by atoms with Gasteiger partial charge in [-0.2, -0.15) is 13.2 Å². The van der Waals surface area contributed by atoms with Gasteiger partial charge in [0.05, 0.1) is 41.1 Å². The molecule has 1 aliphatic heterocycles. The lowest BCUT2D eigenvalue weighted by molar-refractivity contribution is -0.137. The van der Waals surface area contributed by atoms with E-state index in [-0.39, 0.29) is 11.4 Å². The molecule has 0 saturated carbocycles. The van der Waals surface area contributed by atoms with Gasteiger partial charge >= 0.3 is 23.8 Å². The first-order valence-corrected chi connectivity index (χ1v) is 14.2. The average Bonchev–Trinajstić information content (AvgIpc) is 3.33. The highest BCUT2D eigenvalue weighted by Crippen LogP contribution is 2.39. The number of aryl methyl sites for hydroxylation is 1. The molecule has 6 rings (SSSR count). The van der Waals surface area contributed by atoms with Gasteiger partial charge in [-0.15, -0.1) is 0 Å². The van der Waals surface area contributed by atoms with Gasteiger partial charge in [0, 0.05) is 74.3 Å².